The second-order valence-corrected chi connectivity index (χ2v) is 4.53. The third-order valence-electron chi connectivity index (χ3n) is 3.01. The molecule has 0 amide bonds. The smallest absolute Gasteiger partial charge is 0.121 e. The average molecular weight is 277 g/mol. The number of aryl methyl sites for hydroxylation is 1. The summed E-state index contributed by atoms with van der Waals surface area (Å²) in [7, 11) is 0. The van der Waals surface area contributed by atoms with Crippen molar-refractivity contribution in [3.63, 3.8) is 0 Å². The van der Waals surface area contributed by atoms with Gasteiger partial charge in [0.05, 0.1) is 11.6 Å². The lowest BCUT2D eigenvalue weighted by Gasteiger charge is -2.09. The molecule has 0 aromatic heterocycles. The van der Waals surface area contributed by atoms with Gasteiger partial charge in [-0.25, -0.2) is 0 Å². The summed E-state index contributed by atoms with van der Waals surface area (Å²) in [5, 5.41) is 17.5. The highest BCUT2D eigenvalue weighted by Gasteiger charge is 2.02. The first-order chi connectivity index (χ1) is 10.2. The molecular formula is C18H15NO2. The van der Waals surface area contributed by atoms with Gasteiger partial charge in [-0.1, -0.05) is 24.0 Å². The summed E-state index contributed by atoms with van der Waals surface area (Å²) in [6.07, 6.45) is 0. The molecule has 0 heterocycles. The minimum absolute atomic E-state index is 0.157. The van der Waals surface area contributed by atoms with E-state index in [1.807, 2.05) is 43.3 Å². The Morgan fingerprint density at radius 3 is 2.71 bits per heavy atom. The average Bonchev–Trinajstić information content (AvgIpc) is 2.52. The molecule has 0 aliphatic rings. The lowest BCUT2D eigenvalue weighted by atomic mass is 10.1. The van der Waals surface area contributed by atoms with Crippen LogP contribution in [0.25, 0.3) is 0 Å². The number of ether oxygens (including phenoxy) is 1. The van der Waals surface area contributed by atoms with Crippen LogP contribution in [0, 0.1) is 30.1 Å². The molecule has 1 N–H and O–H groups in total. The lowest BCUT2D eigenvalue weighted by Crippen LogP contribution is -1.98. The fourth-order valence-electron chi connectivity index (χ4n) is 1.89. The Labute approximate surface area is 124 Å². The maximum absolute atomic E-state index is 8.85. The summed E-state index contributed by atoms with van der Waals surface area (Å²) >= 11 is 0. The monoisotopic (exact) mass is 277 g/mol. The quantitative estimate of drug-likeness (QED) is 0.878. The minimum atomic E-state index is -0.157. The number of rotatable bonds is 3. The zero-order chi connectivity index (χ0) is 15.1. The van der Waals surface area contributed by atoms with Gasteiger partial charge in [0, 0.05) is 5.56 Å². The molecule has 104 valence electrons. The maximum Gasteiger partial charge on any atom is 0.121 e. The van der Waals surface area contributed by atoms with Crippen molar-refractivity contribution >= 4 is 0 Å². The van der Waals surface area contributed by atoms with Crippen molar-refractivity contribution < 1.29 is 9.84 Å². The highest BCUT2D eigenvalue weighted by atomic mass is 16.5. The van der Waals surface area contributed by atoms with Crippen molar-refractivity contribution in [2.24, 2.45) is 0 Å². The lowest BCUT2D eigenvalue weighted by molar-refractivity contribution is 0.305. The molecule has 0 unspecified atom stereocenters. The van der Waals surface area contributed by atoms with Gasteiger partial charge in [0.1, 0.15) is 19.0 Å². The zero-order valence-electron chi connectivity index (χ0n) is 11.8. The number of hydrogen-bond acceptors (Lipinski definition) is 3. The largest absolute Gasteiger partial charge is 0.489 e. The number of aliphatic hydroxyl groups excluding tert-OH is 1. The first-order valence-corrected chi connectivity index (χ1v) is 6.55. The zero-order valence-corrected chi connectivity index (χ0v) is 11.8. The van der Waals surface area contributed by atoms with E-state index < -0.39 is 0 Å². The summed E-state index contributed by atoms with van der Waals surface area (Å²) in [6.45, 7) is 2.24. The van der Waals surface area contributed by atoms with Gasteiger partial charge in [-0.05, 0) is 48.4 Å². The van der Waals surface area contributed by atoms with Gasteiger partial charge in [-0.2, -0.15) is 5.26 Å². The fourth-order valence-corrected chi connectivity index (χ4v) is 1.89. The van der Waals surface area contributed by atoms with Crippen molar-refractivity contribution in [2.45, 2.75) is 13.5 Å². The van der Waals surface area contributed by atoms with Crippen molar-refractivity contribution in [3.05, 3.63) is 64.7 Å². The van der Waals surface area contributed by atoms with Crippen LogP contribution in [0.5, 0.6) is 5.75 Å². The summed E-state index contributed by atoms with van der Waals surface area (Å²) in [5.74, 6) is 6.18. The Kier molecular flexibility index (Phi) is 4.99. The van der Waals surface area contributed by atoms with Gasteiger partial charge in [0.2, 0.25) is 0 Å². The summed E-state index contributed by atoms with van der Waals surface area (Å²) in [5.41, 5.74) is 3.53. The molecule has 0 spiro atoms. The van der Waals surface area contributed by atoms with Crippen molar-refractivity contribution in [3.8, 4) is 23.7 Å². The SMILES string of the molecule is Cc1cc(C#N)ccc1COc1cccc(C#CCO)c1. The second kappa shape index (κ2) is 7.14. The summed E-state index contributed by atoms with van der Waals surface area (Å²) in [4.78, 5) is 0. The van der Waals surface area contributed by atoms with E-state index in [0.29, 0.717) is 12.2 Å². The van der Waals surface area contributed by atoms with Crippen LogP contribution in [0.4, 0.5) is 0 Å². The molecule has 0 fully saturated rings. The minimum Gasteiger partial charge on any atom is -0.489 e. The molecule has 2 rings (SSSR count). The van der Waals surface area contributed by atoms with Crippen molar-refractivity contribution in [2.75, 3.05) is 6.61 Å². The maximum atomic E-state index is 8.85. The Balaban J connectivity index is 2.08. The van der Waals surface area contributed by atoms with Gasteiger partial charge in [-0.3, -0.25) is 0 Å². The summed E-state index contributed by atoms with van der Waals surface area (Å²) < 4.78 is 5.75. The van der Waals surface area contributed by atoms with Crippen LogP contribution < -0.4 is 4.74 Å². The van der Waals surface area contributed by atoms with E-state index in [-0.39, 0.29) is 6.61 Å². The fraction of sp³-hybridized carbons (Fsp3) is 0.167. The number of nitriles is 1. The number of hydrogen-bond donors (Lipinski definition) is 1. The van der Waals surface area contributed by atoms with E-state index >= 15 is 0 Å². The molecular weight excluding hydrogens is 262 g/mol. The first-order valence-electron chi connectivity index (χ1n) is 6.55. The van der Waals surface area contributed by atoms with Gasteiger partial charge >= 0.3 is 0 Å². The van der Waals surface area contributed by atoms with Crippen LogP contribution in [-0.2, 0) is 6.61 Å². The molecule has 21 heavy (non-hydrogen) atoms. The normalized spacial score (nSPS) is 9.38. The van der Waals surface area contributed by atoms with E-state index in [1.54, 1.807) is 6.07 Å². The van der Waals surface area contributed by atoms with Crippen LogP contribution >= 0.6 is 0 Å². The van der Waals surface area contributed by atoms with Crippen molar-refractivity contribution in [1.82, 2.24) is 0 Å². The molecule has 0 radical (unpaired) electrons. The van der Waals surface area contributed by atoms with E-state index in [9.17, 15) is 0 Å². The van der Waals surface area contributed by atoms with Gasteiger partial charge in [0.15, 0.2) is 0 Å². The number of nitrogens with zero attached hydrogens (tertiary/aromatic N) is 1. The standard InChI is InChI=1S/C18H15NO2/c1-14-10-16(12-19)7-8-17(14)13-21-18-6-2-4-15(11-18)5-3-9-20/h2,4,6-8,10-11,20H,9,13H2,1H3. The molecule has 0 aliphatic carbocycles. The number of aliphatic hydroxyl groups is 1. The highest BCUT2D eigenvalue weighted by Crippen LogP contribution is 2.17. The third kappa shape index (κ3) is 4.11. The molecule has 0 bridgehead atoms. The van der Waals surface area contributed by atoms with Crippen LogP contribution in [0.1, 0.15) is 22.3 Å². The van der Waals surface area contributed by atoms with E-state index in [0.717, 1.165) is 22.4 Å². The van der Waals surface area contributed by atoms with Gasteiger partial charge < -0.3 is 9.84 Å². The highest BCUT2D eigenvalue weighted by molar-refractivity contribution is 5.40. The van der Waals surface area contributed by atoms with Crippen LogP contribution in [-0.4, -0.2) is 11.7 Å². The van der Waals surface area contributed by atoms with Crippen LogP contribution in [0.3, 0.4) is 0 Å². The molecule has 0 saturated heterocycles. The predicted molar refractivity (Wildman–Crippen MR) is 80.6 cm³/mol. The molecule has 0 aliphatic heterocycles. The molecule has 3 heteroatoms. The van der Waals surface area contributed by atoms with Gasteiger partial charge in [0.25, 0.3) is 0 Å². The topological polar surface area (TPSA) is 53.2 Å². The van der Waals surface area contributed by atoms with E-state index in [4.69, 9.17) is 15.1 Å². The Bertz CT molecular complexity index is 733. The first kappa shape index (κ1) is 14.7. The Morgan fingerprint density at radius 1 is 1.14 bits per heavy atom. The molecule has 0 saturated carbocycles. The van der Waals surface area contributed by atoms with E-state index in [1.165, 1.54) is 0 Å². The van der Waals surface area contributed by atoms with Crippen LogP contribution in [0.15, 0.2) is 42.5 Å². The van der Waals surface area contributed by atoms with Gasteiger partial charge in [-0.15, -0.1) is 0 Å². The molecule has 0 atom stereocenters. The van der Waals surface area contributed by atoms with Crippen molar-refractivity contribution in [1.29, 1.82) is 5.26 Å². The summed E-state index contributed by atoms with van der Waals surface area (Å²) in [6, 6.07) is 15.1. The Morgan fingerprint density at radius 2 is 2.00 bits per heavy atom. The van der Waals surface area contributed by atoms with E-state index in [2.05, 4.69) is 17.9 Å². The number of benzene rings is 2. The predicted octanol–water partition coefficient (Wildman–Crippen LogP) is 2.79. The molecule has 2 aromatic carbocycles. The third-order valence-corrected chi connectivity index (χ3v) is 3.01. The second-order valence-electron chi connectivity index (χ2n) is 4.53. The Hall–Kier alpha value is -2.75. The van der Waals surface area contributed by atoms with Crippen LogP contribution in [0.2, 0.25) is 0 Å². The molecule has 2 aromatic rings. The molecule has 3 nitrogen and oxygen atoms in total.